The summed E-state index contributed by atoms with van der Waals surface area (Å²) in [4.78, 5) is 2.23. The summed E-state index contributed by atoms with van der Waals surface area (Å²) >= 11 is 6.05. The Morgan fingerprint density at radius 3 is 2.65 bits per heavy atom. The molecule has 2 aliphatic heterocycles. The van der Waals surface area contributed by atoms with Crippen molar-refractivity contribution < 1.29 is 8.94 Å². The molecule has 0 spiro atoms. The zero-order chi connectivity index (χ0) is 18.5. The number of anilines is 1. The average molecular weight is 387 g/mol. The number of allylic oxidation sites excluding steroid dienone is 2. The Labute approximate surface area is 159 Å². The molecule has 0 saturated carbocycles. The van der Waals surface area contributed by atoms with Crippen LogP contribution in [0.3, 0.4) is 0 Å². The van der Waals surface area contributed by atoms with Gasteiger partial charge in [-0.2, -0.15) is 5.10 Å². The zero-order valence-corrected chi connectivity index (χ0v) is 17.1. The summed E-state index contributed by atoms with van der Waals surface area (Å²) < 4.78 is 13.5. The molecule has 4 rings (SSSR count). The Balaban J connectivity index is 1.80. The normalized spacial score (nSPS) is 26.6. The maximum atomic E-state index is 6.26. The maximum absolute atomic E-state index is 6.26. The molecule has 1 unspecified atom stereocenters. The van der Waals surface area contributed by atoms with Gasteiger partial charge in [0, 0.05) is 30.9 Å². The first kappa shape index (κ1) is 17.5. The minimum Gasteiger partial charge on any atom is -0.467 e. The van der Waals surface area contributed by atoms with Crippen LogP contribution in [0.4, 0.5) is 5.69 Å². The molecule has 2 aliphatic rings. The molecule has 0 radical (unpaired) electrons. The lowest BCUT2D eigenvalue weighted by atomic mass is 9.84. The van der Waals surface area contributed by atoms with Gasteiger partial charge in [0.1, 0.15) is 12.4 Å². The largest absolute Gasteiger partial charge is 0.467 e. The molecule has 1 aromatic heterocycles. The van der Waals surface area contributed by atoms with Crippen molar-refractivity contribution in [2.24, 2.45) is 5.10 Å². The van der Waals surface area contributed by atoms with Crippen LogP contribution in [0.2, 0.25) is 0 Å². The third kappa shape index (κ3) is 2.48. The molecule has 1 aromatic carbocycles. The molecule has 5 nitrogen and oxygen atoms in total. The van der Waals surface area contributed by atoms with Gasteiger partial charge >= 0.3 is 0 Å². The van der Waals surface area contributed by atoms with E-state index in [4.69, 9.17) is 20.7 Å². The monoisotopic (exact) mass is 387 g/mol. The maximum Gasteiger partial charge on any atom is 0.205 e. The highest BCUT2D eigenvalue weighted by Crippen LogP contribution is 2.64. The number of para-hydroxylation sites is 1. The van der Waals surface area contributed by atoms with Gasteiger partial charge in [-0.1, -0.05) is 32.0 Å². The minimum atomic E-state index is -2.48. The third-order valence-corrected chi connectivity index (χ3v) is 9.00. The van der Waals surface area contributed by atoms with E-state index in [1.165, 1.54) is 11.3 Å². The Morgan fingerprint density at radius 2 is 1.96 bits per heavy atom. The predicted molar refractivity (Wildman–Crippen MR) is 109 cm³/mol. The van der Waals surface area contributed by atoms with Gasteiger partial charge in [-0.15, -0.1) is 0 Å². The molecular weight excluding hydrogens is 365 g/mol. The van der Waals surface area contributed by atoms with E-state index in [2.05, 4.69) is 55.2 Å². The quantitative estimate of drug-likeness (QED) is 0.716. The van der Waals surface area contributed by atoms with Gasteiger partial charge in [0.25, 0.3) is 0 Å². The topological polar surface area (TPSA) is 41.2 Å². The Kier molecular flexibility index (Phi) is 4.10. The fourth-order valence-corrected chi connectivity index (χ4v) is 6.47. The molecule has 2 aromatic rings. The highest BCUT2D eigenvalue weighted by molar-refractivity contribution is 8.13. The Hall–Kier alpha value is -1.88. The van der Waals surface area contributed by atoms with Crippen LogP contribution >= 0.6 is 6.42 Å². The van der Waals surface area contributed by atoms with Gasteiger partial charge in [-0.3, -0.25) is 0 Å². The van der Waals surface area contributed by atoms with Gasteiger partial charge in [0.05, 0.1) is 17.8 Å². The minimum absolute atomic E-state index is 0.171. The highest BCUT2D eigenvalue weighted by atomic mass is 32.4. The van der Waals surface area contributed by atoms with Crippen LogP contribution in [-0.2, 0) is 28.4 Å². The number of benzene rings is 1. The Morgan fingerprint density at radius 1 is 1.19 bits per heavy atom. The molecule has 26 heavy (non-hydrogen) atoms. The van der Waals surface area contributed by atoms with Crippen LogP contribution in [0.5, 0.6) is 0 Å². The fraction of sp³-hybridized carbons (Fsp3) is 0.316. The van der Waals surface area contributed by atoms with Gasteiger partial charge in [-0.05, 0) is 35.6 Å². The van der Waals surface area contributed by atoms with Crippen LogP contribution in [0.15, 0.2) is 63.2 Å². The van der Waals surface area contributed by atoms with Crippen LogP contribution < -0.4 is 4.90 Å². The van der Waals surface area contributed by atoms with E-state index < -0.39 is 6.42 Å². The van der Waals surface area contributed by atoms with Crippen molar-refractivity contribution >= 4 is 30.1 Å². The number of nitrogens with zero attached hydrogens (tertiary/aromatic N) is 3. The summed E-state index contributed by atoms with van der Waals surface area (Å²) in [7, 11) is 3.98. The zero-order valence-electron chi connectivity index (χ0n) is 15.3. The summed E-state index contributed by atoms with van der Waals surface area (Å²) in [6.07, 6.45) is 1.04. The molecule has 0 N–H and O–H groups in total. The van der Waals surface area contributed by atoms with Gasteiger partial charge in [0.2, 0.25) is 6.42 Å². The lowest BCUT2D eigenvalue weighted by molar-refractivity contribution is 0.279. The molecule has 3 heterocycles. The second-order valence-corrected chi connectivity index (χ2v) is 10.9. The summed E-state index contributed by atoms with van der Waals surface area (Å²) in [6, 6.07) is 12.2. The standard InChI is InChI=1S/C19H22N3O2PS/c1-19(2)15-9-5-6-10-16(15)21(3)18(19)17-12-20-22(4)25(17,26)24-13-14-8-7-11-23-14/h5-12H,13H2,1-4H3/b18-17+. The molecular formula is C19H22N3O2PS. The predicted octanol–water partition coefficient (Wildman–Crippen LogP) is 4.68. The number of hydrazone groups is 1. The van der Waals surface area contributed by atoms with Crippen molar-refractivity contribution in [3.05, 3.63) is 65.0 Å². The van der Waals surface area contributed by atoms with Crippen molar-refractivity contribution in [2.45, 2.75) is 25.9 Å². The number of furan rings is 1. The molecule has 1 atom stereocenters. The first-order valence-electron chi connectivity index (χ1n) is 8.49. The number of likely N-dealkylation sites (N-methyl/N-ethyl adjacent to an activating group) is 1. The molecule has 136 valence electrons. The lowest BCUT2D eigenvalue weighted by Crippen LogP contribution is -2.25. The number of hydrogen-bond acceptors (Lipinski definition) is 5. The van der Waals surface area contributed by atoms with E-state index in [1.807, 2.05) is 25.4 Å². The van der Waals surface area contributed by atoms with E-state index in [9.17, 15) is 0 Å². The second-order valence-electron chi connectivity index (χ2n) is 7.04. The van der Waals surface area contributed by atoms with E-state index in [0.717, 1.165) is 16.8 Å². The van der Waals surface area contributed by atoms with Crippen LogP contribution in [-0.4, -0.2) is 25.1 Å². The molecule has 0 saturated heterocycles. The van der Waals surface area contributed by atoms with E-state index >= 15 is 0 Å². The van der Waals surface area contributed by atoms with E-state index in [0.29, 0.717) is 6.61 Å². The second kappa shape index (κ2) is 6.08. The summed E-state index contributed by atoms with van der Waals surface area (Å²) in [5, 5.41) is 5.50. The SMILES string of the molecule is CN1/C(=C2\C=NN(C)P2(=S)OCc2ccco2)C(C)(C)c2ccccc21. The van der Waals surface area contributed by atoms with Gasteiger partial charge in [0.15, 0.2) is 0 Å². The van der Waals surface area contributed by atoms with Gasteiger partial charge in [-0.25, -0.2) is 4.78 Å². The number of fused-ring (bicyclic) bond motifs is 1. The number of rotatable bonds is 3. The smallest absolute Gasteiger partial charge is 0.205 e. The Bertz CT molecular complexity index is 949. The fourth-order valence-electron chi connectivity index (χ4n) is 3.78. The first-order valence-corrected chi connectivity index (χ1v) is 11.2. The highest BCUT2D eigenvalue weighted by Gasteiger charge is 2.45. The summed E-state index contributed by atoms with van der Waals surface area (Å²) in [5.41, 5.74) is 3.49. The third-order valence-electron chi connectivity index (χ3n) is 5.10. The summed E-state index contributed by atoms with van der Waals surface area (Å²) in [6.45, 7) is 4.80. The van der Waals surface area contributed by atoms with Crippen molar-refractivity contribution in [1.29, 1.82) is 0 Å². The van der Waals surface area contributed by atoms with E-state index in [-0.39, 0.29) is 5.41 Å². The molecule has 0 aliphatic carbocycles. The first-order chi connectivity index (χ1) is 12.4. The average Bonchev–Trinajstić information content (AvgIpc) is 3.28. The van der Waals surface area contributed by atoms with Crippen LogP contribution in [0.1, 0.15) is 25.2 Å². The van der Waals surface area contributed by atoms with Crippen LogP contribution in [0.25, 0.3) is 0 Å². The lowest BCUT2D eigenvalue weighted by Gasteiger charge is -2.31. The molecule has 0 fully saturated rings. The molecule has 0 amide bonds. The van der Waals surface area contributed by atoms with Crippen molar-refractivity contribution in [3.63, 3.8) is 0 Å². The van der Waals surface area contributed by atoms with Crippen LogP contribution in [0, 0.1) is 0 Å². The van der Waals surface area contributed by atoms with E-state index in [1.54, 1.807) is 11.0 Å². The summed E-state index contributed by atoms with van der Waals surface area (Å²) in [5.74, 6) is 0.765. The van der Waals surface area contributed by atoms with Crippen molar-refractivity contribution in [1.82, 2.24) is 4.78 Å². The molecule has 7 heteroatoms. The molecule has 0 bridgehead atoms. The van der Waals surface area contributed by atoms with Crippen molar-refractivity contribution in [2.75, 3.05) is 19.0 Å². The van der Waals surface area contributed by atoms with Gasteiger partial charge < -0.3 is 13.8 Å². The van der Waals surface area contributed by atoms with Crippen molar-refractivity contribution in [3.8, 4) is 0 Å². The number of hydrogen-bond donors (Lipinski definition) is 0.